The summed E-state index contributed by atoms with van der Waals surface area (Å²) in [6.07, 6.45) is 4.55. The van der Waals surface area contributed by atoms with E-state index in [1.54, 1.807) is 21.4 Å². The number of anilines is 2. The van der Waals surface area contributed by atoms with Crippen LogP contribution in [0.25, 0.3) is 22.2 Å². The number of nitrogens with zero attached hydrogens (tertiary/aromatic N) is 6. The highest BCUT2D eigenvalue weighted by molar-refractivity contribution is 6.34. The maximum Gasteiger partial charge on any atom is 0.263 e. The van der Waals surface area contributed by atoms with Crippen molar-refractivity contribution in [3.8, 4) is 16.9 Å². The molecule has 0 unspecified atom stereocenters. The third kappa shape index (κ3) is 5.30. The molecular weight excluding hydrogens is 595 g/mol. The molecule has 4 N–H and O–H groups in total. The van der Waals surface area contributed by atoms with Crippen LogP contribution in [0.4, 0.5) is 11.5 Å². The number of fused-ring (bicyclic) bond motifs is 2. The maximum atomic E-state index is 13.7. The zero-order valence-corrected chi connectivity index (χ0v) is 25.1. The number of piperazine rings is 1. The molecule has 3 aromatic heterocycles. The summed E-state index contributed by atoms with van der Waals surface area (Å²) < 4.78 is 3.20. The number of aryl methyl sites for hydroxylation is 1. The molecule has 4 aromatic rings. The van der Waals surface area contributed by atoms with E-state index < -0.39 is 17.6 Å². The van der Waals surface area contributed by atoms with Crippen LogP contribution in [0.3, 0.4) is 0 Å². The summed E-state index contributed by atoms with van der Waals surface area (Å²) in [4.78, 5) is 52.8. The van der Waals surface area contributed by atoms with Gasteiger partial charge in [0.2, 0.25) is 5.91 Å². The molecule has 12 nitrogen and oxygen atoms in total. The molecule has 6 rings (SSSR count). The molecule has 14 heteroatoms. The molecule has 1 atom stereocenters. The maximum absolute atomic E-state index is 13.7. The summed E-state index contributed by atoms with van der Waals surface area (Å²) in [7, 11) is 2.08. The Morgan fingerprint density at radius 3 is 2.70 bits per heavy atom. The zero-order valence-electron chi connectivity index (χ0n) is 23.6. The van der Waals surface area contributed by atoms with Gasteiger partial charge >= 0.3 is 0 Å². The van der Waals surface area contributed by atoms with E-state index in [1.165, 1.54) is 18.3 Å². The molecule has 0 radical (unpaired) electrons. The fourth-order valence-electron chi connectivity index (χ4n) is 5.91. The molecule has 0 bridgehead atoms. The number of benzene rings is 1. The summed E-state index contributed by atoms with van der Waals surface area (Å²) in [6, 6.07) is 4.81. The summed E-state index contributed by atoms with van der Waals surface area (Å²) >= 11 is 12.7. The summed E-state index contributed by atoms with van der Waals surface area (Å²) in [5.41, 5.74) is 6.53. The van der Waals surface area contributed by atoms with Gasteiger partial charge in [0.05, 0.1) is 32.9 Å². The number of hydrogen-bond donors (Lipinski definition) is 3. The van der Waals surface area contributed by atoms with E-state index >= 15 is 0 Å². The fourth-order valence-corrected chi connectivity index (χ4v) is 6.28. The first-order valence-electron chi connectivity index (χ1n) is 13.9. The van der Waals surface area contributed by atoms with Gasteiger partial charge in [-0.05, 0) is 38.1 Å². The smallest absolute Gasteiger partial charge is 0.263 e. The van der Waals surface area contributed by atoms with E-state index in [2.05, 4.69) is 34.1 Å². The van der Waals surface area contributed by atoms with Crippen LogP contribution in [-0.4, -0.2) is 73.6 Å². The summed E-state index contributed by atoms with van der Waals surface area (Å²) in [5, 5.41) is 13.6. The molecule has 2 aliphatic heterocycles. The monoisotopic (exact) mass is 624 g/mol. The third-order valence-corrected chi connectivity index (χ3v) is 8.62. The quantitative estimate of drug-likeness (QED) is 0.296. The number of primary amides is 1. The summed E-state index contributed by atoms with van der Waals surface area (Å²) in [5.74, 6) is -0.365. The lowest BCUT2D eigenvalue weighted by atomic mass is 10.0. The molecule has 1 aromatic carbocycles. The number of nitrogens with one attached hydrogen (secondary N) is 1. The number of rotatable bonds is 6. The van der Waals surface area contributed by atoms with Crippen molar-refractivity contribution in [2.45, 2.75) is 38.9 Å². The average Bonchev–Trinajstić information content (AvgIpc) is 3.57. The number of aromatic hydroxyl groups is 1. The predicted octanol–water partition coefficient (Wildman–Crippen LogP) is 3.10. The van der Waals surface area contributed by atoms with Crippen molar-refractivity contribution in [3.05, 3.63) is 62.4 Å². The second-order valence-corrected chi connectivity index (χ2v) is 11.9. The minimum atomic E-state index is -0.875. The Kier molecular flexibility index (Phi) is 7.53. The molecule has 1 saturated heterocycles. The number of halogens is 2. The highest BCUT2D eigenvalue weighted by atomic mass is 35.5. The molecule has 1 fully saturated rings. The fraction of sp³-hybridized carbons (Fsp3) is 0.345. The molecule has 0 saturated carbocycles. The van der Waals surface area contributed by atoms with Crippen LogP contribution >= 0.6 is 23.2 Å². The van der Waals surface area contributed by atoms with Crippen molar-refractivity contribution < 1.29 is 14.7 Å². The predicted molar refractivity (Wildman–Crippen MR) is 165 cm³/mol. The largest absolute Gasteiger partial charge is 0.506 e. The van der Waals surface area contributed by atoms with Crippen molar-refractivity contribution in [3.63, 3.8) is 0 Å². The SMILES string of the molecule is C[C@H]1CN(C)CCN1c1cc(NC(=O)Cn2cc(-c3cc(Cl)c(O)c(C(N)=O)c3)c3c(=O)n4c(nc32)CCC4)c(Cl)cn1. The molecule has 43 heavy (non-hydrogen) atoms. The lowest BCUT2D eigenvalue weighted by Crippen LogP contribution is -2.50. The number of carbonyl (C=O) groups excluding carboxylic acids is 2. The topological polar surface area (TPSA) is 152 Å². The third-order valence-electron chi connectivity index (χ3n) is 8.03. The van der Waals surface area contributed by atoms with Gasteiger partial charge in [-0.15, -0.1) is 0 Å². The Morgan fingerprint density at radius 2 is 1.95 bits per heavy atom. The lowest BCUT2D eigenvalue weighted by molar-refractivity contribution is -0.116. The lowest BCUT2D eigenvalue weighted by Gasteiger charge is -2.39. The molecule has 2 aliphatic rings. The molecular formula is C29H30Cl2N8O4. The van der Waals surface area contributed by atoms with Crippen LogP contribution in [-0.2, 0) is 24.3 Å². The van der Waals surface area contributed by atoms with E-state index in [0.717, 1.165) is 26.1 Å². The summed E-state index contributed by atoms with van der Waals surface area (Å²) in [6.45, 7) is 5.04. The van der Waals surface area contributed by atoms with Crippen LogP contribution in [0, 0.1) is 0 Å². The zero-order chi connectivity index (χ0) is 30.6. The Morgan fingerprint density at radius 1 is 1.16 bits per heavy atom. The number of amides is 2. The van der Waals surface area contributed by atoms with Crippen molar-refractivity contribution in [1.29, 1.82) is 0 Å². The molecule has 2 amide bonds. The molecule has 0 spiro atoms. The average molecular weight is 626 g/mol. The molecule has 0 aliphatic carbocycles. The minimum absolute atomic E-state index is 0.100. The van der Waals surface area contributed by atoms with Gasteiger partial charge in [0.1, 0.15) is 29.6 Å². The normalized spacial score (nSPS) is 16.9. The van der Waals surface area contributed by atoms with Gasteiger partial charge in [-0.2, -0.15) is 0 Å². The number of nitrogens with two attached hydrogens (primary N) is 1. The van der Waals surface area contributed by atoms with E-state index in [1.807, 2.05) is 0 Å². The Labute approximate surface area is 256 Å². The standard InChI is InChI=1S/C29H30Cl2N8O4/c1-15-12-36(2)6-7-38(15)23-10-21(20(31)11-33-23)34-24(40)14-37-13-18(16-8-17(27(32)42)26(41)19(30)9-16)25-28(37)35-22-4-3-5-39(22)29(25)43/h8-11,13,15,41H,3-7,12,14H2,1-2H3,(H2,32,42)(H,33,34,40)/t15-/m0/s1. The number of hydrogen-bond acceptors (Lipinski definition) is 8. The number of phenols is 1. The van der Waals surface area contributed by atoms with Gasteiger partial charge in [0.15, 0.2) is 0 Å². The number of carbonyl (C=O) groups is 2. The van der Waals surface area contributed by atoms with E-state index in [-0.39, 0.29) is 34.1 Å². The van der Waals surface area contributed by atoms with Crippen LogP contribution in [0.2, 0.25) is 10.0 Å². The van der Waals surface area contributed by atoms with Crippen LogP contribution in [0.1, 0.15) is 29.5 Å². The van der Waals surface area contributed by atoms with E-state index in [0.29, 0.717) is 52.1 Å². The van der Waals surface area contributed by atoms with E-state index in [9.17, 15) is 19.5 Å². The highest BCUT2D eigenvalue weighted by Gasteiger charge is 2.26. The number of likely N-dealkylation sites (N-methyl/N-ethyl adjacent to an activating group) is 1. The molecule has 224 valence electrons. The minimum Gasteiger partial charge on any atom is -0.506 e. The van der Waals surface area contributed by atoms with Crippen molar-refractivity contribution >= 4 is 57.6 Å². The van der Waals surface area contributed by atoms with Crippen LogP contribution < -0.4 is 21.5 Å². The number of aromatic nitrogens is 4. The van der Waals surface area contributed by atoms with Crippen molar-refractivity contribution in [2.24, 2.45) is 5.73 Å². The van der Waals surface area contributed by atoms with Gasteiger partial charge in [-0.3, -0.25) is 19.0 Å². The van der Waals surface area contributed by atoms with Gasteiger partial charge in [-0.25, -0.2) is 9.97 Å². The Hall–Kier alpha value is -4.13. The van der Waals surface area contributed by atoms with Crippen molar-refractivity contribution in [1.82, 2.24) is 24.0 Å². The Balaban J connectivity index is 1.37. The van der Waals surface area contributed by atoms with Crippen molar-refractivity contribution in [2.75, 3.05) is 36.9 Å². The Bertz CT molecular complexity index is 1850. The van der Waals surface area contributed by atoms with Crippen LogP contribution in [0.5, 0.6) is 5.75 Å². The first-order valence-corrected chi connectivity index (χ1v) is 14.6. The highest BCUT2D eigenvalue weighted by Crippen LogP contribution is 2.36. The van der Waals surface area contributed by atoms with Gasteiger partial charge < -0.3 is 30.5 Å². The first kappa shape index (κ1) is 29.0. The first-order chi connectivity index (χ1) is 20.5. The second-order valence-electron chi connectivity index (χ2n) is 11.1. The van der Waals surface area contributed by atoms with Gasteiger partial charge in [0, 0.05) is 56.5 Å². The van der Waals surface area contributed by atoms with Gasteiger partial charge in [-0.1, -0.05) is 23.2 Å². The molecule has 5 heterocycles. The number of pyridine rings is 1. The second kappa shape index (κ2) is 11.2. The van der Waals surface area contributed by atoms with Gasteiger partial charge in [0.25, 0.3) is 11.5 Å². The van der Waals surface area contributed by atoms with Crippen LogP contribution in [0.15, 0.2) is 35.4 Å². The van der Waals surface area contributed by atoms with E-state index in [4.69, 9.17) is 33.9 Å².